The molecule has 7 heteroatoms. The second kappa shape index (κ2) is 6.26. The van der Waals surface area contributed by atoms with E-state index in [0.717, 1.165) is 18.7 Å². The highest BCUT2D eigenvalue weighted by atomic mass is 32.2. The van der Waals surface area contributed by atoms with Gasteiger partial charge in [-0.25, -0.2) is 8.42 Å². The molecule has 114 valence electrons. The maximum Gasteiger partial charge on any atom is 0.244 e. The molecule has 1 aliphatic heterocycles. The van der Waals surface area contributed by atoms with E-state index in [9.17, 15) is 8.42 Å². The first kappa shape index (κ1) is 15.5. The van der Waals surface area contributed by atoms with Gasteiger partial charge in [-0.3, -0.25) is 0 Å². The molecule has 1 aromatic rings. The lowest BCUT2D eigenvalue weighted by atomic mass is 10.3. The van der Waals surface area contributed by atoms with Crippen molar-refractivity contribution < 1.29 is 13.2 Å². The number of rotatable bonds is 5. The number of nitrogens with two attached hydrogens (primary N) is 1. The molecule has 20 heavy (non-hydrogen) atoms. The summed E-state index contributed by atoms with van der Waals surface area (Å²) in [6.07, 6.45) is 2.64. The zero-order chi connectivity index (χ0) is 14.8. The predicted octanol–water partition coefficient (Wildman–Crippen LogP) is 0.766. The van der Waals surface area contributed by atoms with Crippen molar-refractivity contribution in [1.82, 2.24) is 8.87 Å². The summed E-state index contributed by atoms with van der Waals surface area (Å²) in [6.45, 7) is 6.33. The Bertz CT molecular complexity index is 553. The second-order valence-electron chi connectivity index (χ2n) is 5.10. The first-order chi connectivity index (χ1) is 9.50. The Morgan fingerprint density at radius 1 is 1.50 bits per heavy atom. The molecule has 2 N–H and O–H groups in total. The molecule has 1 saturated heterocycles. The smallest absolute Gasteiger partial charge is 0.244 e. The Labute approximate surface area is 120 Å². The molecule has 1 aromatic heterocycles. The Morgan fingerprint density at radius 3 is 2.85 bits per heavy atom. The lowest BCUT2D eigenvalue weighted by Crippen LogP contribution is -2.46. The van der Waals surface area contributed by atoms with Crippen molar-refractivity contribution >= 4 is 10.0 Å². The minimum absolute atomic E-state index is 0.135. The number of aromatic nitrogens is 1. The van der Waals surface area contributed by atoms with Crippen LogP contribution in [0.5, 0.6) is 0 Å². The van der Waals surface area contributed by atoms with Crippen LogP contribution in [0.1, 0.15) is 26.0 Å². The third-order valence-electron chi connectivity index (χ3n) is 3.55. The Kier molecular flexibility index (Phi) is 4.85. The number of morpholine rings is 1. The Hall–Kier alpha value is -0.890. The SMILES string of the molecule is CCCn1cc(S(=O)(=O)N2CCOCC2C)cc1CN. The summed E-state index contributed by atoms with van der Waals surface area (Å²) in [7, 11) is -3.46. The first-order valence-electron chi connectivity index (χ1n) is 6.99. The van der Waals surface area contributed by atoms with Gasteiger partial charge >= 0.3 is 0 Å². The molecule has 0 aliphatic carbocycles. The second-order valence-corrected chi connectivity index (χ2v) is 6.99. The summed E-state index contributed by atoms with van der Waals surface area (Å²) in [6, 6.07) is 1.55. The zero-order valence-corrected chi connectivity index (χ0v) is 12.9. The minimum Gasteiger partial charge on any atom is -0.378 e. The normalized spacial score (nSPS) is 21.2. The molecule has 0 spiro atoms. The summed E-state index contributed by atoms with van der Waals surface area (Å²) in [4.78, 5) is 0.333. The average molecular weight is 301 g/mol. The largest absolute Gasteiger partial charge is 0.378 e. The Morgan fingerprint density at radius 2 is 2.25 bits per heavy atom. The highest BCUT2D eigenvalue weighted by Crippen LogP contribution is 2.22. The van der Waals surface area contributed by atoms with Gasteiger partial charge in [0.2, 0.25) is 10.0 Å². The minimum atomic E-state index is -3.46. The summed E-state index contributed by atoms with van der Waals surface area (Å²) in [5.74, 6) is 0. The molecule has 0 radical (unpaired) electrons. The van der Waals surface area contributed by atoms with Gasteiger partial charge in [0.1, 0.15) is 4.90 Å². The first-order valence-corrected chi connectivity index (χ1v) is 8.43. The Balaban J connectivity index is 2.33. The van der Waals surface area contributed by atoms with Gasteiger partial charge in [0.05, 0.1) is 13.2 Å². The standard InChI is InChI=1S/C13H23N3O3S/c1-3-4-15-9-13(7-12(15)8-14)20(17,18)16-5-6-19-10-11(16)2/h7,9,11H,3-6,8,10,14H2,1-2H3. The number of nitrogens with zero attached hydrogens (tertiary/aromatic N) is 2. The quantitative estimate of drug-likeness (QED) is 0.871. The predicted molar refractivity (Wildman–Crippen MR) is 76.8 cm³/mol. The van der Waals surface area contributed by atoms with Crippen LogP contribution in [0, 0.1) is 0 Å². The number of hydrogen-bond donors (Lipinski definition) is 1. The molecule has 1 fully saturated rings. The van der Waals surface area contributed by atoms with Crippen molar-refractivity contribution in [3.63, 3.8) is 0 Å². The molecule has 1 atom stereocenters. The summed E-state index contributed by atoms with van der Waals surface area (Å²) < 4.78 is 34.1. The fourth-order valence-corrected chi connectivity index (χ4v) is 4.16. The van der Waals surface area contributed by atoms with Crippen molar-refractivity contribution in [2.45, 2.75) is 44.3 Å². The van der Waals surface area contributed by atoms with Gasteiger partial charge in [-0.1, -0.05) is 6.92 Å². The van der Waals surface area contributed by atoms with Crippen LogP contribution in [0.15, 0.2) is 17.2 Å². The van der Waals surface area contributed by atoms with Gasteiger partial charge < -0.3 is 15.0 Å². The van der Waals surface area contributed by atoms with E-state index in [4.69, 9.17) is 10.5 Å². The third-order valence-corrected chi connectivity index (χ3v) is 5.53. The lowest BCUT2D eigenvalue weighted by molar-refractivity contribution is 0.0393. The molecule has 6 nitrogen and oxygen atoms in total. The van der Waals surface area contributed by atoms with Crippen LogP contribution in [0.3, 0.4) is 0 Å². The van der Waals surface area contributed by atoms with Crippen molar-refractivity contribution in [3.8, 4) is 0 Å². The zero-order valence-electron chi connectivity index (χ0n) is 12.1. The van der Waals surface area contributed by atoms with Crippen molar-refractivity contribution in [2.24, 2.45) is 5.73 Å². The molecule has 1 aliphatic rings. The highest BCUT2D eigenvalue weighted by molar-refractivity contribution is 7.89. The molecular formula is C13H23N3O3S. The van der Waals surface area contributed by atoms with E-state index >= 15 is 0 Å². The fourth-order valence-electron chi connectivity index (χ4n) is 2.49. The van der Waals surface area contributed by atoms with Crippen LogP contribution in [0.25, 0.3) is 0 Å². The molecular weight excluding hydrogens is 278 g/mol. The van der Waals surface area contributed by atoms with Crippen LogP contribution in [-0.2, 0) is 27.8 Å². The number of ether oxygens (including phenoxy) is 1. The maximum atomic E-state index is 12.7. The van der Waals surface area contributed by atoms with Crippen LogP contribution >= 0.6 is 0 Å². The monoisotopic (exact) mass is 301 g/mol. The van der Waals surface area contributed by atoms with Gasteiger partial charge in [0.15, 0.2) is 0 Å². The number of hydrogen-bond acceptors (Lipinski definition) is 4. The van der Waals surface area contributed by atoms with Crippen LogP contribution < -0.4 is 5.73 Å². The average Bonchev–Trinajstić information content (AvgIpc) is 2.83. The van der Waals surface area contributed by atoms with E-state index in [2.05, 4.69) is 6.92 Å². The van der Waals surface area contributed by atoms with Crippen molar-refractivity contribution in [1.29, 1.82) is 0 Å². The van der Waals surface area contributed by atoms with E-state index in [1.54, 1.807) is 12.3 Å². The number of aryl methyl sites for hydroxylation is 1. The van der Waals surface area contributed by atoms with Gasteiger partial charge in [0, 0.05) is 37.6 Å². The summed E-state index contributed by atoms with van der Waals surface area (Å²) in [5.41, 5.74) is 6.55. The van der Waals surface area contributed by atoms with Crippen molar-refractivity contribution in [2.75, 3.05) is 19.8 Å². The molecule has 1 unspecified atom stereocenters. The highest BCUT2D eigenvalue weighted by Gasteiger charge is 2.32. The summed E-state index contributed by atoms with van der Waals surface area (Å²) >= 11 is 0. The van der Waals surface area contributed by atoms with Gasteiger partial charge in [-0.05, 0) is 19.4 Å². The van der Waals surface area contributed by atoms with E-state index < -0.39 is 10.0 Å². The van der Waals surface area contributed by atoms with Gasteiger partial charge in [-0.15, -0.1) is 0 Å². The van der Waals surface area contributed by atoms with Crippen LogP contribution in [0.2, 0.25) is 0 Å². The molecule has 2 rings (SSSR count). The topological polar surface area (TPSA) is 77.6 Å². The lowest BCUT2D eigenvalue weighted by Gasteiger charge is -2.31. The molecule has 2 heterocycles. The van der Waals surface area contributed by atoms with Crippen LogP contribution in [-0.4, -0.2) is 43.1 Å². The molecule has 0 saturated carbocycles. The van der Waals surface area contributed by atoms with Crippen molar-refractivity contribution in [3.05, 3.63) is 18.0 Å². The number of sulfonamides is 1. The molecule has 0 bridgehead atoms. The fraction of sp³-hybridized carbons (Fsp3) is 0.692. The third kappa shape index (κ3) is 2.90. The van der Waals surface area contributed by atoms with E-state index in [-0.39, 0.29) is 6.04 Å². The van der Waals surface area contributed by atoms with E-state index in [1.807, 2.05) is 11.5 Å². The van der Waals surface area contributed by atoms with Crippen LogP contribution in [0.4, 0.5) is 0 Å². The maximum absolute atomic E-state index is 12.7. The molecule has 0 amide bonds. The van der Waals surface area contributed by atoms with Gasteiger partial charge in [-0.2, -0.15) is 4.31 Å². The van der Waals surface area contributed by atoms with E-state index in [1.165, 1.54) is 4.31 Å². The molecule has 0 aromatic carbocycles. The van der Waals surface area contributed by atoms with Gasteiger partial charge in [0.25, 0.3) is 0 Å². The van der Waals surface area contributed by atoms with E-state index in [0.29, 0.717) is 31.2 Å². The summed E-state index contributed by atoms with van der Waals surface area (Å²) in [5, 5.41) is 0.